The standard InChI is InChI=1S/C17H19N5S/c18-15-14-11-3-1-2-4-12(11)23-17(14)21-13(20-15)9-22-8-7-19-16(22)10-5-6-10/h7-8,10H,1-6,9H2,(H2,18,20,21). The molecule has 0 spiro atoms. The van der Waals surface area contributed by atoms with Gasteiger partial charge in [-0.3, -0.25) is 0 Å². The van der Waals surface area contributed by atoms with Crippen molar-refractivity contribution in [1.82, 2.24) is 19.5 Å². The number of aromatic nitrogens is 4. The molecule has 3 heterocycles. The predicted molar refractivity (Wildman–Crippen MR) is 91.8 cm³/mol. The van der Waals surface area contributed by atoms with Crippen LogP contribution >= 0.6 is 11.3 Å². The lowest BCUT2D eigenvalue weighted by Crippen LogP contribution is -2.08. The molecule has 0 radical (unpaired) electrons. The largest absolute Gasteiger partial charge is 0.383 e. The van der Waals surface area contributed by atoms with Crippen molar-refractivity contribution in [2.24, 2.45) is 0 Å². The summed E-state index contributed by atoms with van der Waals surface area (Å²) in [7, 11) is 0. The van der Waals surface area contributed by atoms with Crippen LogP contribution in [0.25, 0.3) is 10.2 Å². The minimum absolute atomic E-state index is 0.625. The van der Waals surface area contributed by atoms with E-state index < -0.39 is 0 Å². The van der Waals surface area contributed by atoms with Gasteiger partial charge >= 0.3 is 0 Å². The van der Waals surface area contributed by atoms with Crippen molar-refractivity contribution in [1.29, 1.82) is 0 Å². The summed E-state index contributed by atoms with van der Waals surface area (Å²) in [4.78, 5) is 16.4. The van der Waals surface area contributed by atoms with E-state index in [9.17, 15) is 0 Å². The first-order valence-electron chi connectivity index (χ1n) is 8.37. The van der Waals surface area contributed by atoms with Crippen molar-refractivity contribution >= 4 is 27.4 Å². The first kappa shape index (κ1) is 13.5. The van der Waals surface area contributed by atoms with Crippen molar-refractivity contribution in [2.75, 3.05) is 5.73 Å². The molecule has 5 rings (SSSR count). The number of aryl methyl sites for hydroxylation is 2. The van der Waals surface area contributed by atoms with Crippen LogP contribution in [0.2, 0.25) is 0 Å². The number of fused-ring (bicyclic) bond motifs is 3. The number of anilines is 1. The summed E-state index contributed by atoms with van der Waals surface area (Å²) in [5, 5.41) is 1.11. The minimum Gasteiger partial charge on any atom is -0.383 e. The zero-order valence-corrected chi connectivity index (χ0v) is 13.8. The Kier molecular flexibility index (Phi) is 2.95. The summed E-state index contributed by atoms with van der Waals surface area (Å²) < 4.78 is 2.17. The Morgan fingerprint density at radius 3 is 2.96 bits per heavy atom. The molecule has 0 aliphatic heterocycles. The molecule has 2 aliphatic carbocycles. The fraction of sp³-hybridized carbons (Fsp3) is 0.471. The Morgan fingerprint density at radius 1 is 1.22 bits per heavy atom. The lowest BCUT2D eigenvalue weighted by Gasteiger charge is -2.11. The van der Waals surface area contributed by atoms with Crippen LogP contribution in [-0.2, 0) is 19.4 Å². The van der Waals surface area contributed by atoms with Crippen LogP contribution in [0, 0.1) is 0 Å². The Balaban J connectivity index is 1.56. The molecule has 0 unspecified atom stereocenters. The number of thiophene rings is 1. The van der Waals surface area contributed by atoms with E-state index >= 15 is 0 Å². The first-order valence-corrected chi connectivity index (χ1v) is 9.19. The zero-order valence-electron chi connectivity index (χ0n) is 13.0. The van der Waals surface area contributed by atoms with Gasteiger partial charge in [0.1, 0.15) is 16.5 Å². The van der Waals surface area contributed by atoms with Gasteiger partial charge in [0.25, 0.3) is 0 Å². The van der Waals surface area contributed by atoms with Gasteiger partial charge in [0.05, 0.1) is 11.9 Å². The number of hydrogen-bond acceptors (Lipinski definition) is 5. The summed E-state index contributed by atoms with van der Waals surface area (Å²) in [5.41, 5.74) is 7.70. The summed E-state index contributed by atoms with van der Waals surface area (Å²) >= 11 is 1.81. The van der Waals surface area contributed by atoms with E-state index in [0.29, 0.717) is 18.3 Å². The van der Waals surface area contributed by atoms with Gasteiger partial charge < -0.3 is 10.3 Å². The molecule has 0 amide bonds. The molecule has 118 valence electrons. The third kappa shape index (κ3) is 2.24. The van der Waals surface area contributed by atoms with Crippen LogP contribution in [0.15, 0.2) is 12.4 Å². The van der Waals surface area contributed by atoms with Crippen LogP contribution in [0.5, 0.6) is 0 Å². The van der Waals surface area contributed by atoms with E-state index in [1.54, 1.807) is 0 Å². The zero-order chi connectivity index (χ0) is 15.4. The van der Waals surface area contributed by atoms with Crippen LogP contribution in [-0.4, -0.2) is 19.5 Å². The third-order valence-corrected chi connectivity index (χ3v) is 6.08. The maximum absolute atomic E-state index is 6.30. The quantitative estimate of drug-likeness (QED) is 0.802. The highest BCUT2D eigenvalue weighted by Gasteiger charge is 2.28. The highest BCUT2D eigenvalue weighted by atomic mass is 32.1. The highest BCUT2D eigenvalue weighted by molar-refractivity contribution is 7.19. The molecule has 3 aromatic rings. The Morgan fingerprint density at radius 2 is 2.09 bits per heavy atom. The average molecular weight is 325 g/mol. The highest BCUT2D eigenvalue weighted by Crippen LogP contribution is 2.40. The summed E-state index contributed by atoms with van der Waals surface area (Å²) in [6, 6.07) is 0. The second-order valence-corrected chi connectivity index (χ2v) is 7.69. The number of rotatable bonds is 3. The van der Waals surface area contributed by atoms with Gasteiger partial charge in [-0.2, -0.15) is 0 Å². The molecule has 0 aromatic carbocycles. The normalized spacial score (nSPS) is 17.6. The molecule has 0 bridgehead atoms. The van der Waals surface area contributed by atoms with E-state index in [2.05, 4.69) is 14.5 Å². The Bertz CT molecular complexity index is 890. The Labute approximate surface area is 138 Å². The van der Waals surface area contributed by atoms with Gasteiger partial charge in [-0.1, -0.05) is 0 Å². The third-order valence-electron chi connectivity index (χ3n) is 4.89. The van der Waals surface area contributed by atoms with Gasteiger partial charge in [-0.15, -0.1) is 11.3 Å². The topological polar surface area (TPSA) is 69.6 Å². The Hall–Kier alpha value is -1.95. The van der Waals surface area contributed by atoms with Gasteiger partial charge in [-0.25, -0.2) is 15.0 Å². The fourth-order valence-corrected chi connectivity index (χ4v) is 4.90. The van der Waals surface area contributed by atoms with Gasteiger partial charge in [0, 0.05) is 23.2 Å². The van der Waals surface area contributed by atoms with Crippen LogP contribution in [0.3, 0.4) is 0 Å². The molecule has 23 heavy (non-hydrogen) atoms. The van der Waals surface area contributed by atoms with Crippen molar-refractivity contribution in [3.05, 3.63) is 34.5 Å². The lowest BCUT2D eigenvalue weighted by atomic mass is 9.97. The summed E-state index contributed by atoms with van der Waals surface area (Å²) in [6.45, 7) is 0.661. The maximum Gasteiger partial charge on any atom is 0.152 e. The van der Waals surface area contributed by atoms with Crippen molar-refractivity contribution < 1.29 is 0 Å². The number of nitrogens with two attached hydrogens (primary N) is 1. The van der Waals surface area contributed by atoms with Gasteiger partial charge in [0.2, 0.25) is 0 Å². The van der Waals surface area contributed by atoms with Crippen molar-refractivity contribution in [2.45, 2.75) is 51.0 Å². The monoisotopic (exact) mass is 325 g/mol. The molecule has 1 fully saturated rings. The smallest absolute Gasteiger partial charge is 0.152 e. The summed E-state index contributed by atoms with van der Waals surface area (Å²) in [5.74, 6) is 3.24. The second-order valence-electron chi connectivity index (χ2n) is 6.60. The molecule has 0 atom stereocenters. The van der Waals surface area contributed by atoms with E-state index in [1.807, 2.05) is 23.7 Å². The van der Waals surface area contributed by atoms with Crippen molar-refractivity contribution in [3.8, 4) is 0 Å². The van der Waals surface area contributed by atoms with Crippen LogP contribution in [0.4, 0.5) is 5.82 Å². The van der Waals surface area contributed by atoms with E-state index in [1.165, 1.54) is 42.5 Å². The van der Waals surface area contributed by atoms with Gasteiger partial charge in [0.15, 0.2) is 5.82 Å². The predicted octanol–water partition coefficient (Wildman–Crippen LogP) is 3.27. The van der Waals surface area contributed by atoms with Crippen LogP contribution in [0.1, 0.15) is 53.7 Å². The lowest BCUT2D eigenvalue weighted by molar-refractivity contribution is 0.695. The van der Waals surface area contributed by atoms with Crippen LogP contribution < -0.4 is 5.73 Å². The molecule has 6 heteroatoms. The minimum atomic E-state index is 0.625. The molecule has 0 saturated heterocycles. The first-order chi connectivity index (χ1) is 11.3. The molecule has 5 nitrogen and oxygen atoms in total. The second kappa shape index (κ2) is 5.03. The van der Waals surface area contributed by atoms with E-state index in [4.69, 9.17) is 10.7 Å². The molecule has 1 saturated carbocycles. The fourth-order valence-electron chi connectivity index (χ4n) is 3.61. The number of imidazole rings is 1. The molecule has 2 aliphatic rings. The summed E-state index contributed by atoms with van der Waals surface area (Å²) in [6.07, 6.45) is 11.2. The molecular formula is C17H19N5S. The SMILES string of the molecule is Nc1nc(Cn2ccnc2C2CC2)nc2sc3c(c12)CCCC3. The average Bonchev–Trinajstić information content (AvgIpc) is 3.16. The molecule has 2 N–H and O–H groups in total. The molecular weight excluding hydrogens is 306 g/mol. The van der Waals surface area contributed by atoms with E-state index in [0.717, 1.165) is 28.3 Å². The number of hydrogen-bond donors (Lipinski definition) is 1. The number of nitrogens with zero attached hydrogens (tertiary/aromatic N) is 4. The van der Waals surface area contributed by atoms with Gasteiger partial charge in [-0.05, 0) is 44.1 Å². The molecule has 3 aromatic heterocycles. The number of nitrogen functional groups attached to an aromatic ring is 1. The maximum atomic E-state index is 6.30. The van der Waals surface area contributed by atoms with Crippen molar-refractivity contribution in [3.63, 3.8) is 0 Å². The van der Waals surface area contributed by atoms with E-state index in [-0.39, 0.29) is 0 Å².